The van der Waals surface area contributed by atoms with E-state index >= 15 is 0 Å². The fourth-order valence-electron chi connectivity index (χ4n) is 1.61. The molecule has 1 amide bonds. The number of hydrogen-bond acceptors (Lipinski definition) is 4. The van der Waals surface area contributed by atoms with Crippen LogP contribution in [0.3, 0.4) is 0 Å². The molecule has 2 aromatic rings. The highest BCUT2D eigenvalue weighted by atomic mass is 35.5. The highest BCUT2D eigenvalue weighted by Crippen LogP contribution is 2.12. The third kappa shape index (κ3) is 3.75. The quantitative estimate of drug-likeness (QED) is 0.882. The summed E-state index contributed by atoms with van der Waals surface area (Å²) < 4.78 is 0. The summed E-state index contributed by atoms with van der Waals surface area (Å²) in [6.45, 7) is 4.33. The maximum Gasteiger partial charge on any atom is 0.251 e. The molecular formula is C13H14ClN3OS. The number of aryl methyl sites for hydroxylation is 2. The minimum Gasteiger partial charge on any atom is -0.346 e. The molecule has 0 radical (unpaired) electrons. The van der Waals surface area contributed by atoms with Crippen molar-refractivity contribution in [3.63, 3.8) is 0 Å². The lowest BCUT2D eigenvalue weighted by Crippen LogP contribution is -2.23. The molecule has 0 aliphatic heterocycles. The van der Waals surface area contributed by atoms with Gasteiger partial charge in [0.1, 0.15) is 10.2 Å². The zero-order valence-electron chi connectivity index (χ0n) is 10.7. The highest BCUT2D eigenvalue weighted by Gasteiger charge is 2.09. The number of nitrogens with one attached hydrogen (secondary N) is 1. The SMILES string of the molecule is CCc1cc(C(=O)NCc2nc(C)cs2)cc(Cl)n1. The van der Waals surface area contributed by atoms with Gasteiger partial charge in [0, 0.05) is 22.3 Å². The Kier molecular flexibility index (Phi) is 4.50. The first-order valence-electron chi connectivity index (χ1n) is 5.94. The van der Waals surface area contributed by atoms with E-state index in [1.54, 1.807) is 12.1 Å². The first-order valence-corrected chi connectivity index (χ1v) is 7.20. The third-order valence-corrected chi connectivity index (χ3v) is 3.70. The number of halogens is 1. The van der Waals surface area contributed by atoms with Crippen LogP contribution in [0.15, 0.2) is 17.5 Å². The van der Waals surface area contributed by atoms with Gasteiger partial charge in [-0.15, -0.1) is 11.3 Å². The van der Waals surface area contributed by atoms with Crippen molar-refractivity contribution in [1.29, 1.82) is 0 Å². The van der Waals surface area contributed by atoms with E-state index in [1.165, 1.54) is 11.3 Å². The van der Waals surface area contributed by atoms with E-state index in [4.69, 9.17) is 11.6 Å². The summed E-state index contributed by atoms with van der Waals surface area (Å²) in [7, 11) is 0. The van der Waals surface area contributed by atoms with Gasteiger partial charge in [-0.1, -0.05) is 18.5 Å². The molecule has 0 saturated heterocycles. The molecule has 19 heavy (non-hydrogen) atoms. The zero-order chi connectivity index (χ0) is 13.8. The number of aromatic nitrogens is 2. The van der Waals surface area contributed by atoms with Crippen LogP contribution >= 0.6 is 22.9 Å². The molecule has 0 atom stereocenters. The van der Waals surface area contributed by atoms with Crippen molar-refractivity contribution < 1.29 is 4.79 Å². The average Bonchev–Trinajstić information content (AvgIpc) is 2.81. The average molecular weight is 296 g/mol. The number of hydrogen-bond donors (Lipinski definition) is 1. The molecule has 2 aromatic heterocycles. The van der Waals surface area contributed by atoms with Crippen LogP contribution in [0.1, 0.15) is 33.7 Å². The van der Waals surface area contributed by atoms with Gasteiger partial charge in [-0.05, 0) is 25.5 Å². The summed E-state index contributed by atoms with van der Waals surface area (Å²) in [5, 5.41) is 6.02. The Morgan fingerprint density at radius 1 is 1.42 bits per heavy atom. The van der Waals surface area contributed by atoms with Crippen LogP contribution in [-0.4, -0.2) is 15.9 Å². The lowest BCUT2D eigenvalue weighted by Gasteiger charge is -2.05. The second-order valence-corrected chi connectivity index (χ2v) is 5.42. The Morgan fingerprint density at radius 2 is 2.21 bits per heavy atom. The molecule has 0 spiro atoms. The highest BCUT2D eigenvalue weighted by molar-refractivity contribution is 7.09. The van der Waals surface area contributed by atoms with Crippen LogP contribution in [0, 0.1) is 6.92 Å². The fraction of sp³-hybridized carbons (Fsp3) is 0.308. The van der Waals surface area contributed by atoms with Gasteiger partial charge in [0.15, 0.2) is 0 Å². The zero-order valence-corrected chi connectivity index (χ0v) is 12.3. The van der Waals surface area contributed by atoms with E-state index in [-0.39, 0.29) is 5.91 Å². The normalized spacial score (nSPS) is 10.5. The summed E-state index contributed by atoms with van der Waals surface area (Å²) in [6, 6.07) is 3.33. The summed E-state index contributed by atoms with van der Waals surface area (Å²) in [4.78, 5) is 20.4. The summed E-state index contributed by atoms with van der Waals surface area (Å²) >= 11 is 7.43. The van der Waals surface area contributed by atoms with E-state index < -0.39 is 0 Å². The predicted molar refractivity (Wildman–Crippen MR) is 76.6 cm³/mol. The number of carbonyl (C=O) groups is 1. The molecule has 0 unspecified atom stereocenters. The van der Waals surface area contributed by atoms with Crippen molar-refractivity contribution in [3.8, 4) is 0 Å². The topological polar surface area (TPSA) is 54.9 Å². The lowest BCUT2D eigenvalue weighted by atomic mass is 10.2. The second kappa shape index (κ2) is 6.12. The number of rotatable bonds is 4. The van der Waals surface area contributed by atoms with Crippen molar-refractivity contribution in [1.82, 2.24) is 15.3 Å². The Morgan fingerprint density at radius 3 is 2.84 bits per heavy atom. The second-order valence-electron chi connectivity index (χ2n) is 4.09. The minimum absolute atomic E-state index is 0.160. The first-order chi connectivity index (χ1) is 9.08. The van der Waals surface area contributed by atoms with Gasteiger partial charge in [-0.25, -0.2) is 9.97 Å². The first kappa shape index (κ1) is 14.0. The Hall–Kier alpha value is -1.46. The van der Waals surface area contributed by atoms with Crippen molar-refractivity contribution in [2.45, 2.75) is 26.8 Å². The molecular weight excluding hydrogens is 282 g/mol. The maximum atomic E-state index is 12.0. The van der Waals surface area contributed by atoms with Crippen LogP contribution in [0.4, 0.5) is 0 Å². The smallest absolute Gasteiger partial charge is 0.251 e. The van der Waals surface area contributed by atoms with Crippen molar-refractivity contribution in [2.24, 2.45) is 0 Å². The van der Waals surface area contributed by atoms with Crippen molar-refractivity contribution in [3.05, 3.63) is 44.6 Å². The van der Waals surface area contributed by atoms with Gasteiger partial charge in [0.25, 0.3) is 5.91 Å². The van der Waals surface area contributed by atoms with Crippen molar-refractivity contribution in [2.75, 3.05) is 0 Å². The Balaban J connectivity index is 2.05. The molecule has 0 fully saturated rings. The molecule has 1 N–H and O–H groups in total. The van der Waals surface area contributed by atoms with Gasteiger partial charge in [0.2, 0.25) is 0 Å². The van der Waals surface area contributed by atoms with E-state index in [0.29, 0.717) is 17.3 Å². The number of amides is 1. The minimum atomic E-state index is -0.160. The fourth-order valence-corrected chi connectivity index (χ4v) is 2.54. The molecule has 0 aliphatic carbocycles. The number of carbonyl (C=O) groups excluding carboxylic acids is 1. The molecule has 2 rings (SSSR count). The number of pyridine rings is 1. The molecule has 0 aromatic carbocycles. The van der Waals surface area contributed by atoms with E-state index in [9.17, 15) is 4.79 Å². The molecule has 0 saturated carbocycles. The largest absolute Gasteiger partial charge is 0.346 e. The van der Waals surface area contributed by atoms with Gasteiger partial charge in [-0.2, -0.15) is 0 Å². The maximum absolute atomic E-state index is 12.0. The molecule has 100 valence electrons. The monoisotopic (exact) mass is 295 g/mol. The van der Waals surface area contributed by atoms with Gasteiger partial charge >= 0.3 is 0 Å². The van der Waals surface area contributed by atoms with E-state index in [1.807, 2.05) is 19.2 Å². The van der Waals surface area contributed by atoms with Crippen LogP contribution < -0.4 is 5.32 Å². The molecule has 6 heteroatoms. The summed E-state index contributed by atoms with van der Waals surface area (Å²) in [6.07, 6.45) is 0.743. The van der Waals surface area contributed by atoms with Crippen LogP contribution in [-0.2, 0) is 13.0 Å². The van der Waals surface area contributed by atoms with Gasteiger partial charge in [-0.3, -0.25) is 4.79 Å². The van der Waals surface area contributed by atoms with Crippen LogP contribution in [0.2, 0.25) is 5.15 Å². The summed E-state index contributed by atoms with van der Waals surface area (Å²) in [5.74, 6) is -0.160. The molecule has 2 heterocycles. The molecule has 0 aliphatic rings. The van der Waals surface area contributed by atoms with Crippen molar-refractivity contribution >= 4 is 28.8 Å². The van der Waals surface area contributed by atoms with Crippen LogP contribution in [0.25, 0.3) is 0 Å². The molecule has 4 nitrogen and oxygen atoms in total. The molecule has 0 bridgehead atoms. The third-order valence-electron chi connectivity index (χ3n) is 2.54. The Labute approximate surface area is 120 Å². The lowest BCUT2D eigenvalue weighted by molar-refractivity contribution is 0.0950. The van der Waals surface area contributed by atoms with Gasteiger partial charge < -0.3 is 5.32 Å². The van der Waals surface area contributed by atoms with E-state index in [0.717, 1.165) is 22.8 Å². The summed E-state index contributed by atoms with van der Waals surface area (Å²) in [5.41, 5.74) is 2.31. The van der Waals surface area contributed by atoms with Crippen LogP contribution in [0.5, 0.6) is 0 Å². The number of nitrogens with zero attached hydrogens (tertiary/aromatic N) is 2. The standard InChI is InChI=1S/C13H14ClN3OS/c1-3-10-4-9(5-11(14)17-10)13(18)15-6-12-16-8(2)7-19-12/h4-5,7H,3,6H2,1-2H3,(H,15,18). The van der Waals surface area contributed by atoms with E-state index in [2.05, 4.69) is 15.3 Å². The Bertz CT molecular complexity index is 597. The van der Waals surface area contributed by atoms with Gasteiger partial charge in [0.05, 0.1) is 6.54 Å². The number of thiazole rings is 1. The predicted octanol–water partition coefficient (Wildman–Crippen LogP) is 2.99.